The van der Waals surface area contributed by atoms with Gasteiger partial charge in [0, 0.05) is 24.5 Å². The number of carboxylic acid groups (broad SMARTS) is 2. The number of aliphatic carboxylic acids is 2. The number of hydrogen-bond acceptors (Lipinski definition) is 6. The second kappa shape index (κ2) is 11.6. The van der Waals surface area contributed by atoms with E-state index in [-0.39, 0.29) is 11.1 Å². The molecular formula is C27H31NO7. The molecule has 0 fully saturated rings. The molecule has 0 radical (unpaired) electrons. The molecule has 0 unspecified atom stereocenters. The molecule has 0 saturated heterocycles. The van der Waals surface area contributed by atoms with E-state index in [1.807, 2.05) is 30.3 Å². The fraction of sp³-hybridized carbons (Fsp3) is 0.333. The maximum atomic E-state index is 12.4. The first-order valence-electron chi connectivity index (χ1n) is 11.3. The van der Waals surface area contributed by atoms with Crippen LogP contribution in [0.25, 0.3) is 0 Å². The predicted molar refractivity (Wildman–Crippen MR) is 130 cm³/mol. The van der Waals surface area contributed by atoms with Crippen molar-refractivity contribution in [2.75, 3.05) is 27.4 Å². The van der Waals surface area contributed by atoms with Crippen molar-refractivity contribution in [1.29, 1.82) is 0 Å². The SMILES string of the molecule is COc1ccc(C2C(C(=O)O)=C(C)N(CCCOCc3ccccc3)C(C)=C2C(=O)O)cc1OC. The third-order valence-electron chi connectivity index (χ3n) is 6.15. The van der Waals surface area contributed by atoms with E-state index in [2.05, 4.69) is 0 Å². The minimum atomic E-state index is -1.17. The zero-order chi connectivity index (χ0) is 25.5. The first-order chi connectivity index (χ1) is 16.8. The molecule has 0 aliphatic carbocycles. The van der Waals surface area contributed by atoms with Gasteiger partial charge in [-0.05, 0) is 43.5 Å². The Morgan fingerprint density at radius 3 is 2.03 bits per heavy atom. The van der Waals surface area contributed by atoms with Crippen LogP contribution in [0, 0.1) is 0 Å². The minimum Gasteiger partial charge on any atom is -0.493 e. The maximum Gasteiger partial charge on any atom is 0.334 e. The maximum absolute atomic E-state index is 12.4. The number of carbonyl (C=O) groups is 2. The number of benzene rings is 2. The highest BCUT2D eigenvalue weighted by Gasteiger charge is 2.39. The molecule has 0 aromatic heterocycles. The number of carboxylic acids is 2. The highest BCUT2D eigenvalue weighted by atomic mass is 16.5. The molecule has 8 heteroatoms. The second-order valence-electron chi connectivity index (χ2n) is 8.20. The molecule has 2 aromatic carbocycles. The third kappa shape index (κ3) is 5.66. The third-order valence-corrected chi connectivity index (χ3v) is 6.15. The van der Waals surface area contributed by atoms with Gasteiger partial charge in [0.05, 0.1) is 37.9 Å². The van der Waals surface area contributed by atoms with Gasteiger partial charge in [-0.25, -0.2) is 9.59 Å². The number of methoxy groups -OCH3 is 2. The summed E-state index contributed by atoms with van der Waals surface area (Å²) in [5, 5.41) is 20.3. The second-order valence-corrected chi connectivity index (χ2v) is 8.20. The van der Waals surface area contributed by atoms with Gasteiger partial charge in [0.1, 0.15) is 0 Å². The van der Waals surface area contributed by atoms with Crippen LogP contribution >= 0.6 is 0 Å². The van der Waals surface area contributed by atoms with Crippen LogP contribution < -0.4 is 9.47 Å². The Bertz CT molecular complexity index is 1100. The van der Waals surface area contributed by atoms with Crippen LogP contribution in [0.3, 0.4) is 0 Å². The van der Waals surface area contributed by atoms with E-state index in [0.29, 0.717) is 54.6 Å². The van der Waals surface area contributed by atoms with Gasteiger partial charge in [-0.1, -0.05) is 36.4 Å². The monoisotopic (exact) mass is 481 g/mol. The number of hydrogen-bond donors (Lipinski definition) is 2. The summed E-state index contributed by atoms with van der Waals surface area (Å²) in [6.07, 6.45) is 0.600. The smallest absolute Gasteiger partial charge is 0.334 e. The van der Waals surface area contributed by atoms with Crippen LogP contribution in [0.2, 0.25) is 0 Å². The fourth-order valence-electron chi connectivity index (χ4n) is 4.45. The average molecular weight is 482 g/mol. The standard InChI is InChI=1S/C27H31NO7/c1-17-23(26(29)30)25(20-11-12-21(33-3)22(15-20)34-4)24(27(31)32)18(2)28(17)13-8-14-35-16-19-9-6-5-7-10-19/h5-7,9-12,15,25H,8,13-14,16H2,1-4H3,(H,29,30)(H,31,32). The summed E-state index contributed by atoms with van der Waals surface area (Å²) in [7, 11) is 2.97. The molecule has 1 aliphatic heterocycles. The highest BCUT2D eigenvalue weighted by molar-refractivity contribution is 5.98. The average Bonchev–Trinajstić information content (AvgIpc) is 2.84. The molecule has 0 bridgehead atoms. The summed E-state index contributed by atoms with van der Waals surface area (Å²) >= 11 is 0. The summed E-state index contributed by atoms with van der Waals surface area (Å²) in [6.45, 7) is 4.79. The molecule has 35 heavy (non-hydrogen) atoms. The van der Waals surface area contributed by atoms with Crippen molar-refractivity contribution in [1.82, 2.24) is 4.90 Å². The molecular weight excluding hydrogens is 450 g/mol. The van der Waals surface area contributed by atoms with Gasteiger partial charge in [-0.3, -0.25) is 0 Å². The van der Waals surface area contributed by atoms with Gasteiger partial charge in [-0.2, -0.15) is 0 Å². The minimum absolute atomic E-state index is 0.0189. The van der Waals surface area contributed by atoms with Crippen LogP contribution in [0.4, 0.5) is 0 Å². The van der Waals surface area contributed by atoms with E-state index in [0.717, 1.165) is 5.56 Å². The van der Waals surface area contributed by atoms with Crippen molar-refractivity contribution in [3.05, 3.63) is 82.2 Å². The van der Waals surface area contributed by atoms with Crippen LogP contribution in [0.15, 0.2) is 71.1 Å². The normalized spacial score (nSPS) is 14.3. The molecule has 0 atom stereocenters. The predicted octanol–water partition coefficient (Wildman–Crippen LogP) is 4.43. The van der Waals surface area contributed by atoms with Crippen molar-refractivity contribution < 1.29 is 34.0 Å². The first kappa shape index (κ1) is 25.8. The van der Waals surface area contributed by atoms with Gasteiger partial charge in [0.25, 0.3) is 0 Å². The van der Waals surface area contributed by atoms with Crippen LogP contribution in [0.5, 0.6) is 11.5 Å². The van der Waals surface area contributed by atoms with Gasteiger partial charge >= 0.3 is 11.9 Å². The van der Waals surface area contributed by atoms with Gasteiger partial charge in [0.2, 0.25) is 0 Å². The molecule has 186 valence electrons. The molecule has 0 saturated carbocycles. The van der Waals surface area contributed by atoms with Crippen molar-refractivity contribution >= 4 is 11.9 Å². The Hall–Kier alpha value is -3.78. The first-order valence-corrected chi connectivity index (χ1v) is 11.3. The van der Waals surface area contributed by atoms with Crippen molar-refractivity contribution in [2.45, 2.75) is 32.8 Å². The van der Waals surface area contributed by atoms with E-state index in [4.69, 9.17) is 14.2 Å². The molecule has 0 spiro atoms. The fourth-order valence-corrected chi connectivity index (χ4v) is 4.45. The zero-order valence-electron chi connectivity index (χ0n) is 20.4. The van der Waals surface area contributed by atoms with Crippen molar-refractivity contribution in [2.24, 2.45) is 0 Å². The molecule has 8 nitrogen and oxygen atoms in total. The topological polar surface area (TPSA) is 106 Å². The number of ether oxygens (including phenoxy) is 3. The lowest BCUT2D eigenvalue weighted by atomic mass is 9.79. The lowest BCUT2D eigenvalue weighted by molar-refractivity contribution is -0.133. The summed E-state index contributed by atoms with van der Waals surface area (Å²) in [4.78, 5) is 26.6. The molecule has 2 N–H and O–H groups in total. The van der Waals surface area contributed by atoms with E-state index < -0.39 is 17.9 Å². The summed E-state index contributed by atoms with van der Waals surface area (Å²) in [5.74, 6) is -2.43. The number of allylic oxidation sites excluding steroid dienone is 2. The summed E-state index contributed by atoms with van der Waals surface area (Å²) in [6, 6.07) is 14.8. The molecule has 1 aliphatic rings. The summed E-state index contributed by atoms with van der Waals surface area (Å²) < 4.78 is 16.4. The lowest BCUT2D eigenvalue weighted by Gasteiger charge is -2.37. The molecule has 2 aromatic rings. The zero-order valence-corrected chi connectivity index (χ0v) is 20.4. The van der Waals surface area contributed by atoms with Crippen LogP contribution in [0.1, 0.15) is 37.3 Å². The summed E-state index contributed by atoms with van der Waals surface area (Å²) in [5.41, 5.74) is 2.61. The van der Waals surface area contributed by atoms with E-state index in [9.17, 15) is 19.8 Å². The van der Waals surface area contributed by atoms with Crippen molar-refractivity contribution in [3.8, 4) is 11.5 Å². The number of rotatable bonds is 11. The van der Waals surface area contributed by atoms with Gasteiger partial charge in [0.15, 0.2) is 11.5 Å². The Morgan fingerprint density at radius 1 is 0.886 bits per heavy atom. The Kier molecular flexibility index (Phi) is 8.54. The number of nitrogens with zero attached hydrogens (tertiary/aromatic N) is 1. The molecule has 1 heterocycles. The Balaban J connectivity index is 1.89. The highest BCUT2D eigenvalue weighted by Crippen LogP contribution is 2.44. The quantitative estimate of drug-likeness (QED) is 0.454. The molecule has 0 amide bonds. The van der Waals surface area contributed by atoms with E-state index >= 15 is 0 Å². The van der Waals surface area contributed by atoms with Crippen LogP contribution in [-0.4, -0.2) is 54.4 Å². The van der Waals surface area contributed by atoms with Gasteiger partial charge in [-0.15, -0.1) is 0 Å². The Morgan fingerprint density at radius 2 is 1.49 bits per heavy atom. The van der Waals surface area contributed by atoms with E-state index in [1.54, 1.807) is 36.9 Å². The largest absolute Gasteiger partial charge is 0.493 e. The Labute approximate surface area is 205 Å². The van der Waals surface area contributed by atoms with E-state index in [1.165, 1.54) is 14.2 Å². The lowest BCUT2D eigenvalue weighted by Crippen LogP contribution is -2.35. The van der Waals surface area contributed by atoms with Gasteiger partial charge < -0.3 is 29.3 Å². The molecule has 3 rings (SSSR count). The van der Waals surface area contributed by atoms with Crippen LogP contribution in [-0.2, 0) is 20.9 Å². The van der Waals surface area contributed by atoms with Crippen molar-refractivity contribution in [3.63, 3.8) is 0 Å².